The molecule has 0 bridgehead atoms. The summed E-state index contributed by atoms with van der Waals surface area (Å²) in [5.41, 5.74) is -6.20. The lowest BCUT2D eigenvalue weighted by Gasteiger charge is -2.40. The van der Waals surface area contributed by atoms with Crippen LogP contribution in [-0.4, -0.2) is 14.2 Å². The van der Waals surface area contributed by atoms with Gasteiger partial charge in [-0.05, 0) is 0 Å². The second-order valence-corrected chi connectivity index (χ2v) is 14.1. The minimum atomic E-state index is -5.81. The summed E-state index contributed by atoms with van der Waals surface area (Å²) in [5.74, 6) is -44.3. The monoisotopic (exact) mass is 609 g/mol. The van der Waals surface area contributed by atoms with Crippen LogP contribution in [0.5, 0.6) is 0 Å². The molecule has 40 heavy (non-hydrogen) atoms. The van der Waals surface area contributed by atoms with Gasteiger partial charge in [0.25, 0.3) is 0 Å². The van der Waals surface area contributed by atoms with Gasteiger partial charge in [0.15, 0.2) is 58.5 Å². The van der Waals surface area contributed by atoms with Gasteiger partial charge in [0.05, 0.1) is 0 Å². The standard InChI is InChI=1S/C23H9BF15Si/c1-40(2,3)5-4-24(6-9(25)15(31)21(37)16(32)10(6)26,7-11(27)17(33)22(38)18(34)12(7)28)8-13(29)19(35)23(39)20(36)14(8)30/h1-3H3/q-1. The molecule has 0 nitrogen and oxygen atoms in total. The van der Waals surface area contributed by atoms with Gasteiger partial charge in [-0.25, -0.2) is 65.9 Å². The van der Waals surface area contributed by atoms with Gasteiger partial charge in [0.2, 0.25) is 0 Å². The summed E-state index contributed by atoms with van der Waals surface area (Å²) in [6.45, 7) is 3.61. The Labute approximate surface area is 215 Å². The smallest absolute Gasteiger partial charge is 0.200 e. The minimum absolute atomic E-state index is 1.20. The van der Waals surface area contributed by atoms with E-state index in [1.54, 1.807) is 0 Å². The first-order valence-corrected chi connectivity index (χ1v) is 14.0. The van der Waals surface area contributed by atoms with Crippen LogP contribution in [0.25, 0.3) is 0 Å². The second-order valence-electron chi connectivity index (χ2n) is 9.34. The zero-order chi connectivity index (χ0) is 30.8. The molecule has 0 amide bonds. The van der Waals surface area contributed by atoms with Crippen molar-refractivity contribution in [2.24, 2.45) is 0 Å². The number of hydrogen-bond donors (Lipinski definition) is 0. The molecule has 3 aromatic rings. The maximum Gasteiger partial charge on any atom is 0.200 e. The molecular formula is C23H9BF15Si-. The third kappa shape index (κ3) is 4.41. The van der Waals surface area contributed by atoms with Gasteiger partial charge in [-0.3, -0.25) is 0 Å². The fraction of sp³-hybridized carbons (Fsp3) is 0.130. The van der Waals surface area contributed by atoms with Gasteiger partial charge in [-0.2, -0.15) is 5.54 Å². The Hall–Kier alpha value is -3.55. The van der Waals surface area contributed by atoms with E-state index in [4.69, 9.17) is 0 Å². The Morgan fingerprint density at radius 2 is 0.525 bits per heavy atom. The molecule has 0 radical (unpaired) electrons. The van der Waals surface area contributed by atoms with E-state index >= 15 is 26.3 Å². The van der Waals surface area contributed by atoms with Crippen molar-refractivity contribution in [1.82, 2.24) is 0 Å². The number of halogens is 15. The van der Waals surface area contributed by atoms with E-state index in [1.807, 2.05) is 5.54 Å². The zero-order valence-electron chi connectivity index (χ0n) is 19.7. The Bertz CT molecular complexity index is 1390. The predicted molar refractivity (Wildman–Crippen MR) is 114 cm³/mol. The molecule has 0 aliphatic carbocycles. The summed E-state index contributed by atoms with van der Waals surface area (Å²) in [4.78, 5) is 0. The van der Waals surface area contributed by atoms with Gasteiger partial charge in [-0.15, -0.1) is 16.4 Å². The van der Waals surface area contributed by atoms with Crippen molar-refractivity contribution in [3.8, 4) is 11.4 Å². The van der Waals surface area contributed by atoms with E-state index in [9.17, 15) is 39.5 Å². The van der Waals surface area contributed by atoms with Gasteiger partial charge < -0.3 is 5.82 Å². The van der Waals surface area contributed by atoms with E-state index in [-0.39, 0.29) is 0 Å². The van der Waals surface area contributed by atoms with Crippen molar-refractivity contribution in [1.29, 1.82) is 0 Å². The highest BCUT2D eigenvalue weighted by atomic mass is 28.3. The topological polar surface area (TPSA) is 0 Å². The highest BCUT2D eigenvalue weighted by Gasteiger charge is 2.47. The summed E-state index contributed by atoms with van der Waals surface area (Å²) in [6, 6.07) is 0. The van der Waals surface area contributed by atoms with Gasteiger partial charge in [0, 0.05) is 0 Å². The first kappa shape index (κ1) is 31.0. The molecule has 0 spiro atoms. The molecule has 0 saturated heterocycles. The van der Waals surface area contributed by atoms with Crippen LogP contribution in [0.2, 0.25) is 19.6 Å². The second kappa shape index (κ2) is 10.1. The molecule has 3 rings (SSSR count). The van der Waals surface area contributed by atoms with Gasteiger partial charge >= 0.3 is 0 Å². The van der Waals surface area contributed by atoms with Crippen molar-refractivity contribution in [2.75, 3.05) is 0 Å². The van der Waals surface area contributed by atoms with Gasteiger partial charge in [0.1, 0.15) is 43.0 Å². The summed E-state index contributed by atoms with van der Waals surface area (Å²) in [5, 5.41) is 0. The van der Waals surface area contributed by atoms with E-state index < -0.39 is 118 Å². The Morgan fingerprint density at radius 3 is 0.700 bits per heavy atom. The van der Waals surface area contributed by atoms with Crippen LogP contribution in [0.15, 0.2) is 0 Å². The van der Waals surface area contributed by atoms with Crippen LogP contribution in [0.4, 0.5) is 65.9 Å². The molecule has 0 aromatic heterocycles. The third-order valence-electron chi connectivity index (χ3n) is 5.69. The van der Waals surface area contributed by atoms with E-state index in [0.29, 0.717) is 0 Å². The normalized spacial score (nSPS) is 12.1. The average molecular weight is 609 g/mol. The molecule has 0 aliphatic rings. The van der Waals surface area contributed by atoms with Crippen molar-refractivity contribution in [3.05, 3.63) is 87.3 Å². The maximum absolute atomic E-state index is 15.2. The molecule has 0 aliphatic heterocycles. The van der Waals surface area contributed by atoms with Crippen LogP contribution in [0.1, 0.15) is 0 Å². The van der Waals surface area contributed by atoms with Crippen LogP contribution in [-0.2, 0) is 0 Å². The fourth-order valence-electron chi connectivity index (χ4n) is 3.98. The van der Waals surface area contributed by atoms with Crippen molar-refractivity contribution < 1.29 is 65.9 Å². The molecule has 0 fully saturated rings. The van der Waals surface area contributed by atoms with Gasteiger partial charge in [-0.1, -0.05) is 19.6 Å². The maximum atomic E-state index is 15.2. The number of hydrogen-bond acceptors (Lipinski definition) is 0. The lowest BCUT2D eigenvalue weighted by Crippen LogP contribution is -2.73. The summed E-state index contributed by atoms with van der Waals surface area (Å²) >= 11 is 0. The lowest BCUT2D eigenvalue weighted by atomic mass is 9.15. The molecule has 214 valence electrons. The van der Waals surface area contributed by atoms with Crippen LogP contribution in [0.3, 0.4) is 0 Å². The summed E-state index contributed by atoms with van der Waals surface area (Å²) < 4.78 is 219. The molecular weight excluding hydrogens is 600 g/mol. The molecule has 0 unspecified atom stereocenters. The van der Waals surface area contributed by atoms with Crippen LogP contribution in [0, 0.1) is 98.6 Å². The van der Waals surface area contributed by atoms with Crippen LogP contribution < -0.4 is 16.4 Å². The predicted octanol–water partition coefficient (Wildman–Crippen LogP) is 5.66. The molecule has 3 aromatic carbocycles. The minimum Gasteiger partial charge on any atom is -0.303 e. The molecule has 0 heterocycles. The van der Waals surface area contributed by atoms with E-state index in [2.05, 4.69) is 0 Å². The first-order valence-electron chi connectivity index (χ1n) is 10.5. The lowest BCUT2D eigenvalue weighted by molar-refractivity contribution is 0.380. The summed E-state index contributed by atoms with van der Waals surface area (Å²) in [6.07, 6.45) is -5.81. The third-order valence-corrected chi connectivity index (χ3v) is 6.59. The quantitative estimate of drug-likeness (QED) is 0.118. The SMILES string of the molecule is C[Si](C)(C)C#C[B-](c1c(F)c(F)c(F)c(F)c1F)(c1c(F)c(F)c(F)c(F)c1F)c1c(F)c(F)c(F)c(F)c1F. The highest BCUT2D eigenvalue weighted by Crippen LogP contribution is 2.28. The molecule has 0 N–H and O–H groups in total. The summed E-state index contributed by atoms with van der Waals surface area (Å²) in [7, 11) is -3.25. The zero-order valence-corrected chi connectivity index (χ0v) is 20.7. The molecule has 0 atom stereocenters. The Balaban J connectivity index is 2.97. The largest absolute Gasteiger partial charge is 0.303 e. The number of benzene rings is 3. The average Bonchev–Trinajstić information content (AvgIpc) is 2.89. The Kier molecular flexibility index (Phi) is 7.85. The van der Waals surface area contributed by atoms with Crippen molar-refractivity contribution in [2.45, 2.75) is 19.6 Å². The van der Waals surface area contributed by atoms with E-state index in [1.165, 1.54) is 25.5 Å². The molecule has 0 saturated carbocycles. The van der Waals surface area contributed by atoms with E-state index in [0.717, 1.165) is 0 Å². The first-order chi connectivity index (χ1) is 18.2. The Morgan fingerprint density at radius 1 is 0.350 bits per heavy atom. The van der Waals surface area contributed by atoms with Crippen molar-refractivity contribution >= 4 is 30.6 Å². The number of rotatable bonds is 3. The fourth-order valence-corrected chi connectivity index (χ4v) is 4.63. The van der Waals surface area contributed by atoms with Crippen molar-refractivity contribution in [3.63, 3.8) is 0 Å². The highest BCUT2D eigenvalue weighted by molar-refractivity contribution is 7.17. The van der Waals surface area contributed by atoms with Crippen LogP contribution >= 0.6 is 0 Å². The molecule has 17 heteroatoms.